The van der Waals surface area contributed by atoms with Crippen molar-refractivity contribution in [2.24, 2.45) is 5.92 Å². The molecule has 0 amide bonds. The van der Waals surface area contributed by atoms with Gasteiger partial charge in [0.25, 0.3) is 0 Å². The first kappa shape index (κ1) is 15.1. The van der Waals surface area contributed by atoms with Crippen LogP contribution in [0.4, 0.5) is 0 Å². The van der Waals surface area contributed by atoms with E-state index in [0.29, 0.717) is 12.0 Å². The average molecular weight is 269 g/mol. The maximum Gasteiger partial charge on any atom is 0.0746 e. The minimum Gasteiger partial charge on any atom is -0.290 e. The molecule has 1 heteroatoms. The summed E-state index contributed by atoms with van der Waals surface area (Å²) in [6, 6.07) is 10.8. The summed E-state index contributed by atoms with van der Waals surface area (Å²) in [5, 5.41) is 0. The van der Waals surface area contributed by atoms with Crippen LogP contribution in [0, 0.1) is 17.8 Å². The van der Waals surface area contributed by atoms with E-state index in [9.17, 15) is 0 Å². The van der Waals surface area contributed by atoms with E-state index in [0.717, 1.165) is 5.56 Å². The number of benzene rings is 1. The highest BCUT2D eigenvalue weighted by molar-refractivity contribution is 5.35. The molecule has 1 unspecified atom stereocenters. The fraction of sp³-hybridized carbons (Fsp3) is 0.579. The van der Waals surface area contributed by atoms with Gasteiger partial charge in [0.05, 0.1) is 6.04 Å². The Balaban J connectivity index is 2.15. The lowest BCUT2D eigenvalue weighted by Crippen LogP contribution is -2.42. The summed E-state index contributed by atoms with van der Waals surface area (Å²) in [6.07, 6.45) is 6.51. The first-order valence-corrected chi connectivity index (χ1v) is 8.15. The average Bonchev–Trinajstić information content (AvgIpc) is 2.53. The molecule has 1 heterocycles. The lowest BCUT2D eigenvalue weighted by atomic mass is 9.91. The molecule has 1 aliphatic heterocycles. The molecule has 2 rings (SSSR count). The number of hydrogen-bond donors (Lipinski definition) is 0. The molecule has 0 radical (unpaired) electrons. The van der Waals surface area contributed by atoms with Gasteiger partial charge in [-0.15, -0.1) is 0 Å². The normalized spacial score (nSPS) is 17.6. The third-order valence-electron chi connectivity index (χ3n) is 4.42. The van der Waals surface area contributed by atoms with E-state index in [1.54, 1.807) is 0 Å². The van der Waals surface area contributed by atoms with Gasteiger partial charge < -0.3 is 0 Å². The molecule has 1 nitrogen and oxygen atoms in total. The Labute approximate surface area is 124 Å². The third-order valence-corrected chi connectivity index (χ3v) is 4.42. The summed E-state index contributed by atoms with van der Waals surface area (Å²) in [5.41, 5.74) is 1.14. The number of nitrogens with zero attached hydrogens (tertiary/aromatic N) is 1. The number of rotatable bonds is 4. The second-order valence-electron chi connectivity index (χ2n) is 5.75. The van der Waals surface area contributed by atoms with Gasteiger partial charge in [0, 0.05) is 5.56 Å². The fourth-order valence-corrected chi connectivity index (χ4v) is 3.12. The van der Waals surface area contributed by atoms with Gasteiger partial charge in [0.1, 0.15) is 0 Å². The Hall–Kier alpha value is -1.26. The molecule has 0 aliphatic carbocycles. The summed E-state index contributed by atoms with van der Waals surface area (Å²) in [6.45, 7) is 7.06. The van der Waals surface area contributed by atoms with Crippen LogP contribution in [0.25, 0.3) is 0 Å². The summed E-state index contributed by atoms with van der Waals surface area (Å²) < 4.78 is 0. The Morgan fingerprint density at radius 1 is 1.00 bits per heavy atom. The molecular weight excluding hydrogens is 242 g/mol. The van der Waals surface area contributed by atoms with Crippen molar-refractivity contribution in [3.63, 3.8) is 0 Å². The van der Waals surface area contributed by atoms with E-state index in [1.165, 1.54) is 45.2 Å². The molecule has 1 atom stereocenters. The zero-order valence-corrected chi connectivity index (χ0v) is 12.9. The second-order valence-corrected chi connectivity index (χ2v) is 5.75. The molecule has 0 saturated carbocycles. The van der Waals surface area contributed by atoms with Gasteiger partial charge in [-0.05, 0) is 44.0 Å². The van der Waals surface area contributed by atoms with Crippen molar-refractivity contribution in [3.05, 3.63) is 35.9 Å². The number of likely N-dealkylation sites (tertiary alicyclic amines) is 1. The van der Waals surface area contributed by atoms with Crippen LogP contribution in [0.5, 0.6) is 0 Å². The van der Waals surface area contributed by atoms with Crippen LogP contribution in [-0.4, -0.2) is 24.0 Å². The lowest BCUT2D eigenvalue weighted by Gasteiger charge is -2.35. The fourth-order valence-electron chi connectivity index (χ4n) is 3.12. The highest BCUT2D eigenvalue weighted by Gasteiger charge is 2.24. The highest BCUT2D eigenvalue weighted by Crippen LogP contribution is 2.22. The van der Waals surface area contributed by atoms with Crippen molar-refractivity contribution in [1.29, 1.82) is 0 Å². The van der Waals surface area contributed by atoms with Crippen LogP contribution in [0.2, 0.25) is 0 Å². The summed E-state index contributed by atoms with van der Waals surface area (Å²) in [7, 11) is 0. The standard InChI is InChI=1S/C19H27N/c1-3-18(4-2)19(20-15-9-6-10-16-20)14-13-17-11-7-5-8-12-17/h5,7-8,11-12,18-19H,3-4,6,9-10,15-16H2,1-2H3. The van der Waals surface area contributed by atoms with E-state index in [2.05, 4.69) is 54.9 Å². The van der Waals surface area contributed by atoms with Crippen molar-refractivity contribution >= 4 is 0 Å². The Morgan fingerprint density at radius 3 is 2.25 bits per heavy atom. The smallest absolute Gasteiger partial charge is 0.0746 e. The van der Waals surface area contributed by atoms with Gasteiger partial charge in [-0.3, -0.25) is 4.90 Å². The van der Waals surface area contributed by atoms with Gasteiger partial charge in [-0.2, -0.15) is 0 Å². The van der Waals surface area contributed by atoms with Crippen LogP contribution in [-0.2, 0) is 0 Å². The molecule has 0 spiro atoms. The third kappa shape index (κ3) is 4.12. The second kappa shape index (κ2) is 8.12. The quantitative estimate of drug-likeness (QED) is 0.735. The van der Waals surface area contributed by atoms with Crippen molar-refractivity contribution in [1.82, 2.24) is 4.90 Å². The summed E-state index contributed by atoms with van der Waals surface area (Å²) in [5.74, 6) is 7.68. The van der Waals surface area contributed by atoms with E-state index >= 15 is 0 Å². The minimum atomic E-state index is 0.436. The van der Waals surface area contributed by atoms with E-state index in [-0.39, 0.29) is 0 Å². The highest BCUT2D eigenvalue weighted by atomic mass is 15.2. The number of hydrogen-bond acceptors (Lipinski definition) is 1. The molecule has 20 heavy (non-hydrogen) atoms. The largest absolute Gasteiger partial charge is 0.290 e. The lowest BCUT2D eigenvalue weighted by molar-refractivity contribution is 0.148. The van der Waals surface area contributed by atoms with Gasteiger partial charge in [-0.25, -0.2) is 0 Å². The summed E-state index contributed by atoms with van der Waals surface area (Å²) >= 11 is 0. The van der Waals surface area contributed by atoms with E-state index in [1.807, 2.05) is 6.07 Å². The SMILES string of the molecule is CCC(CC)C(C#Cc1ccccc1)N1CCCCC1. The van der Waals surface area contributed by atoms with Crippen molar-refractivity contribution in [2.45, 2.75) is 52.0 Å². The van der Waals surface area contributed by atoms with Crippen LogP contribution < -0.4 is 0 Å². The van der Waals surface area contributed by atoms with Gasteiger partial charge in [0.2, 0.25) is 0 Å². The molecule has 0 N–H and O–H groups in total. The number of piperidine rings is 1. The Morgan fingerprint density at radius 2 is 1.65 bits per heavy atom. The first-order chi connectivity index (χ1) is 9.85. The molecule has 1 aromatic carbocycles. The topological polar surface area (TPSA) is 3.24 Å². The first-order valence-electron chi connectivity index (χ1n) is 8.15. The molecule has 108 valence electrons. The maximum atomic E-state index is 3.58. The van der Waals surface area contributed by atoms with Crippen LogP contribution in [0.3, 0.4) is 0 Å². The molecule has 1 aliphatic rings. The van der Waals surface area contributed by atoms with E-state index in [4.69, 9.17) is 0 Å². The molecular formula is C19H27N. The van der Waals surface area contributed by atoms with Crippen molar-refractivity contribution < 1.29 is 0 Å². The molecule has 1 saturated heterocycles. The van der Waals surface area contributed by atoms with Crippen LogP contribution in [0.15, 0.2) is 30.3 Å². The summed E-state index contributed by atoms with van der Waals surface area (Å²) in [4.78, 5) is 2.62. The van der Waals surface area contributed by atoms with E-state index < -0.39 is 0 Å². The predicted molar refractivity (Wildman–Crippen MR) is 86.6 cm³/mol. The Bertz CT molecular complexity index is 430. The molecule has 0 bridgehead atoms. The molecule has 1 fully saturated rings. The zero-order chi connectivity index (χ0) is 14.2. The zero-order valence-electron chi connectivity index (χ0n) is 12.9. The maximum absolute atomic E-state index is 3.58. The van der Waals surface area contributed by atoms with Gasteiger partial charge in [-0.1, -0.05) is 63.1 Å². The molecule has 0 aromatic heterocycles. The molecule has 1 aromatic rings. The van der Waals surface area contributed by atoms with Crippen LogP contribution >= 0.6 is 0 Å². The minimum absolute atomic E-state index is 0.436. The van der Waals surface area contributed by atoms with Gasteiger partial charge in [0.15, 0.2) is 0 Å². The van der Waals surface area contributed by atoms with Crippen molar-refractivity contribution in [3.8, 4) is 11.8 Å². The van der Waals surface area contributed by atoms with Crippen LogP contribution in [0.1, 0.15) is 51.5 Å². The Kier molecular flexibility index (Phi) is 6.15. The van der Waals surface area contributed by atoms with Crippen molar-refractivity contribution in [2.75, 3.05) is 13.1 Å². The predicted octanol–water partition coefficient (Wildman–Crippen LogP) is 4.33. The monoisotopic (exact) mass is 269 g/mol. The van der Waals surface area contributed by atoms with Gasteiger partial charge >= 0.3 is 0 Å².